The van der Waals surface area contributed by atoms with Crippen LogP contribution in [0.3, 0.4) is 0 Å². The summed E-state index contributed by atoms with van der Waals surface area (Å²) >= 11 is 1.62. The molecule has 1 fully saturated rings. The lowest BCUT2D eigenvalue weighted by Crippen LogP contribution is -2.45. The van der Waals surface area contributed by atoms with E-state index >= 15 is 0 Å². The van der Waals surface area contributed by atoms with E-state index in [4.69, 9.17) is 14.2 Å². The van der Waals surface area contributed by atoms with Crippen LogP contribution in [0, 0.1) is 0 Å². The normalized spacial score (nSPS) is 17.0. The second kappa shape index (κ2) is 10.2. The van der Waals surface area contributed by atoms with E-state index in [1.54, 1.807) is 21.1 Å². The number of carbonyl (C=O) groups is 2. The van der Waals surface area contributed by atoms with Gasteiger partial charge in [0.2, 0.25) is 18.6 Å². The minimum atomic E-state index is -0.0779. The first-order chi connectivity index (χ1) is 15.1. The molecular weight excluding hydrogens is 416 g/mol. The van der Waals surface area contributed by atoms with Gasteiger partial charge < -0.3 is 24.0 Å². The summed E-state index contributed by atoms with van der Waals surface area (Å²) in [6.45, 7) is 4.22. The predicted molar refractivity (Wildman–Crippen MR) is 117 cm³/mol. The molecule has 1 unspecified atom stereocenters. The average molecular weight is 445 g/mol. The summed E-state index contributed by atoms with van der Waals surface area (Å²) in [4.78, 5) is 30.4. The van der Waals surface area contributed by atoms with E-state index in [1.165, 1.54) is 0 Å². The molecule has 2 aromatic rings. The van der Waals surface area contributed by atoms with Crippen molar-refractivity contribution in [1.82, 2.24) is 9.80 Å². The molecule has 1 aromatic carbocycles. The fourth-order valence-electron chi connectivity index (χ4n) is 3.86. The highest BCUT2D eigenvalue weighted by molar-refractivity contribution is 7.09. The third-order valence-electron chi connectivity index (χ3n) is 5.52. The third-order valence-corrected chi connectivity index (χ3v) is 6.38. The van der Waals surface area contributed by atoms with Gasteiger partial charge in [0, 0.05) is 31.0 Å². The Hall–Kier alpha value is -2.58. The zero-order valence-corrected chi connectivity index (χ0v) is 18.6. The summed E-state index contributed by atoms with van der Waals surface area (Å²) in [7, 11) is 0. The van der Waals surface area contributed by atoms with Crippen molar-refractivity contribution >= 4 is 23.2 Å². The number of thiophene rings is 1. The van der Waals surface area contributed by atoms with E-state index in [9.17, 15) is 9.59 Å². The molecule has 2 aliphatic heterocycles. The first-order valence-corrected chi connectivity index (χ1v) is 11.6. The number of benzene rings is 1. The summed E-state index contributed by atoms with van der Waals surface area (Å²) in [6.07, 6.45) is 2.31. The molecule has 2 aliphatic rings. The van der Waals surface area contributed by atoms with E-state index in [1.807, 2.05) is 42.6 Å². The molecule has 1 aromatic heterocycles. The highest BCUT2D eigenvalue weighted by atomic mass is 32.1. The van der Waals surface area contributed by atoms with Crippen LogP contribution in [-0.2, 0) is 27.4 Å². The molecular formula is C23H28N2O5S. The second-order valence-electron chi connectivity index (χ2n) is 7.78. The number of amides is 2. The fourth-order valence-corrected chi connectivity index (χ4v) is 4.58. The van der Waals surface area contributed by atoms with Crippen molar-refractivity contribution in [3.8, 4) is 11.5 Å². The Morgan fingerprint density at radius 1 is 1.10 bits per heavy atom. The van der Waals surface area contributed by atoms with Crippen LogP contribution < -0.4 is 9.47 Å². The van der Waals surface area contributed by atoms with Crippen LogP contribution >= 0.6 is 11.3 Å². The maximum atomic E-state index is 13.4. The number of carbonyl (C=O) groups excluding carboxylic acids is 2. The van der Waals surface area contributed by atoms with Crippen molar-refractivity contribution in [3.05, 3.63) is 46.2 Å². The first-order valence-electron chi connectivity index (χ1n) is 10.7. The molecule has 0 bridgehead atoms. The Balaban J connectivity index is 1.48. The number of hydrogen-bond donors (Lipinski definition) is 0. The van der Waals surface area contributed by atoms with Crippen LogP contribution in [0.25, 0.3) is 0 Å². The van der Waals surface area contributed by atoms with Crippen molar-refractivity contribution in [2.24, 2.45) is 0 Å². The van der Waals surface area contributed by atoms with Gasteiger partial charge in [-0.2, -0.15) is 0 Å². The summed E-state index contributed by atoms with van der Waals surface area (Å²) in [5.41, 5.74) is 0.960. The molecule has 8 heteroatoms. The number of ether oxygens (including phenoxy) is 3. The van der Waals surface area contributed by atoms with Gasteiger partial charge in [-0.1, -0.05) is 19.1 Å². The van der Waals surface area contributed by atoms with Crippen molar-refractivity contribution in [2.75, 3.05) is 26.5 Å². The van der Waals surface area contributed by atoms with Crippen molar-refractivity contribution < 1.29 is 23.8 Å². The van der Waals surface area contributed by atoms with E-state index in [-0.39, 0.29) is 31.3 Å². The maximum absolute atomic E-state index is 13.4. The van der Waals surface area contributed by atoms with Gasteiger partial charge in [-0.05, 0) is 42.0 Å². The van der Waals surface area contributed by atoms with Gasteiger partial charge in [0.25, 0.3) is 0 Å². The van der Waals surface area contributed by atoms with Gasteiger partial charge >= 0.3 is 0 Å². The number of fused-ring (bicyclic) bond motifs is 1. The Bertz CT molecular complexity index is 895. The van der Waals surface area contributed by atoms with Gasteiger partial charge in [-0.15, -0.1) is 11.3 Å². The van der Waals surface area contributed by atoms with Crippen molar-refractivity contribution in [1.29, 1.82) is 0 Å². The third kappa shape index (κ3) is 5.57. The Labute approximate surface area is 186 Å². The Kier molecular flexibility index (Phi) is 7.09. The summed E-state index contributed by atoms with van der Waals surface area (Å²) in [5.74, 6) is 1.31. The molecule has 0 spiro atoms. The number of nitrogens with zero attached hydrogens (tertiary/aromatic N) is 2. The van der Waals surface area contributed by atoms with Gasteiger partial charge in [-0.25, -0.2) is 0 Å². The van der Waals surface area contributed by atoms with Crippen LogP contribution in [-0.4, -0.2) is 54.2 Å². The lowest BCUT2D eigenvalue weighted by atomic mass is 10.1. The second-order valence-corrected chi connectivity index (χ2v) is 8.81. The largest absolute Gasteiger partial charge is 0.454 e. The lowest BCUT2D eigenvalue weighted by Gasteiger charge is -2.29. The molecule has 0 saturated carbocycles. The Morgan fingerprint density at radius 2 is 1.97 bits per heavy atom. The highest BCUT2D eigenvalue weighted by Gasteiger charge is 2.26. The van der Waals surface area contributed by atoms with E-state index in [0.717, 1.165) is 35.6 Å². The van der Waals surface area contributed by atoms with E-state index in [0.29, 0.717) is 31.8 Å². The van der Waals surface area contributed by atoms with E-state index in [2.05, 4.69) is 0 Å². The van der Waals surface area contributed by atoms with Crippen LogP contribution in [0.5, 0.6) is 11.5 Å². The molecule has 31 heavy (non-hydrogen) atoms. The summed E-state index contributed by atoms with van der Waals surface area (Å²) in [5, 5.41) is 2.00. The molecule has 1 saturated heterocycles. The number of rotatable bonds is 9. The fraction of sp³-hybridized carbons (Fsp3) is 0.478. The molecule has 166 valence electrons. The molecule has 4 rings (SSSR count). The molecule has 0 radical (unpaired) electrons. The van der Waals surface area contributed by atoms with Crippen molar-refractivity contribution in [3.63, 3.8) is 0 Å². The lowest BCUT2D eigenvalue weighted by molar-refractivity contribution is -0.142. The zero-order valence-electron chi connectivity index (χ0n) is 17.7. The molecule has 0 N–H and O–H groups in total. The van der Waals surface area contributed by atoms with Gasteiger partial charge in [-0.3, -0.25) is 9.59 Å². The zero-order chi connectivity index (χ0) is 21.6. The first kappa shape index (κ1) is 21.6. The van der Waals surface area contributed by atoms with Crippen LogP contribution in [0.1, 0.15) is 36.6 Å². The quantitative estimate of drug-likeness (QED) is 0.593. The Morgan fingerprint density at radius 3 is 2.71 bits per heavy atom. The minimum Gasteiger partial charge on any atom is -0.454 e. The maximum Gasteiger partial charge on any atom is 0.242 e. The molecule has 1 atom stereocenters. The highest BCUT2D eigenvalue weighted by Crippen LogP contribution is 2.33. The monoisotopic (exact) mass is 444 g/mol. The SMILES string of the molecule is CCC(=O)N(CC(=O)N(Cc1ccc2c(c1)OCO2)Cc1cccs1)CC1CCCO1. The van der Waals surface area contributed by atoms with Crippen LogP contribution in [0.4, 0.5) is 0 Å². The predicted octanol–water partition coefficient (Wildman–Crippen LogP) is 3.42. The summed E-state index contributed by atoms with van der Waals surface area (Å²) < 4.78 is 16.6. The van der Waals surface area contributed by atoms with Gasteiger partial charge in [0.15, 0.2) is 11.5 Å². The molecule has 0 aliphatic carbocycles. The van der Waals surface area contributed by atoms with Gasteiger partial charge in [0.1, 0.15) is 0 Å². The van der Waals surface area contributed by atoms with E-state index < -0.39 is 0 Å². The molecule has 7 nitrogen and oxygen atoms in total. The summed E-state index contributed by atoms with van der Waals surface area (Å²) in [6, 6.07) is 9.73. The van der Waals surface area contributed by atoms with Crippen LogP contribution in [0.15, 0.2) is 35.7 Å². The smallest absolute Gasteiger partial charge is 0.242 e. The minimum absolute atomic E-state index is 0.0166. The standard InChI is InChI=1S/C23H28N2O5S/c1-2-22(26)25(13-18-5-3-9-28-18)15-23(27)24(14-19-6-4-10-31-19)12-17-7-8-20-21(11-17)30-16-29-20/h4,6-8,10-11,18H,2-3,5,9,12-16H2,1H3. The topological polar surface area (TPSA) is 68.3 Å². The van der Waals surface area contributed by atoms with Gasteiger partial charge in [0.05, 0.1) is 19.2 Å². The van der Waals surface area contributed by atoms with Crippen molar-refractivity contribution in [2.45, 2.75) is 45.4 Å². The average Bonchev–Trinajstić information content (AvgIpc) is 3.54. The number of hydrogen-bond acceptors (Lipinski definition) is 6. The molecule has 2 amide bonds. The van der Waals surface area contributed by atoms with Crippen LogP contribution in [0.2, 0.25) is 0 Å². The molecule has 3 heterocycles.